The number of likely N-dealkylation sites (N-methyl/N-ethyl adjacent to an activating group) is 1. The molecule has 0 amide bonds. The summed E-state index contributed by atoms with van der Waals surface area (Å²) in [6.45, 7) is 13.0. The molecule has 0 spiro atoms. The molecule has 96 valence electrons. The van der Waals surface area contributed by atoms with Crippen molar-refractivity contribution in [2.45, 2.75) is 65.5 Å². The highest BCUT2D eigenvalue weighted by Crippen LogP contribution is 2.19. The maximum absolute atomic E-state index is 3.59. The van der Waals surface area contributed by atoms with Gasteiger partial charge < -0.3 is 5.32 Å². The molecule has 2 nitrogen and oxygen atoms in total. The lowest BCUT2D eigenvalue weighted by atomic mass is 9.96. The van der Waals surface area contributed by atoms with Crippen molar-refractivity contribution in [3.8, 4) is 0 Å². The zero-order valence-electron chi connectivity index (χ0n) is 11.6. The van der Waals surface area contributed by atoms with Crippen LogP contribution in [0.2, 0.25) is 0 Å². The van der Waals surface area contributed by atoms with Crippen molar-refractivity contribution in [3.63, 3.8) is 0 Å². The van der Waals surface area contributed by atoms with Crippen molar-refractivity contribution in [3.05, 3.63) is 0 Å². The molecule has 0 radical (unpaired) electrons. The van der Waals surface area contributed by atoms with Crippen LogP contribution in [0, 0.1) is 5.92 Å². The minimum Gasteiger partial charge on any atom is -0.313 e. The van der Waals surface area contributed by atoms with Crippen LogP contribution >= 0.6 is 0 Å². The third-order valence-electron chi connectivity index (χ3n) is 4.01. The van der Waals surface area contributed by atoms with Gasteiger partial charge >= 0.3 is 0 Å². The van der Waals surface area contributed by atoms with Gasteiger partial charge in [0.2, 0.25) is 0 Å². The molecule has 3 unspecified atom stereocenters. The number of hydrogen-bond donors (Lipinski definition) is 1. The van der Waals surface area contributed by atoms with Crippen molar-refractivity contribution >= 4 is 0 Å². The second-order valence-corrected chi connectivity index (χ2v) is 5.49. The van der Waals surface area contributed by atoms with Crippen LogP contribution in [0.3, 0.4) is 0 Å². The molecule has 1 rings (SSSR count). The SMILES string of the molecule is CCNC1CCCN(C(C)CC(C)CC)C1. The van der Waals surface area contributed by atoms with Crippen LogP contribution < -0.4 is 5.32 Å². The standard InChI is InChI=1S/C14H30N2/c1-5-12(3)10-13(4)16-9-7-8-14(11-16)15-6-2/h12-15H,5-11H2,1-4H3. The third kappa shape index (κ3) is 4.42. The first-order valence-electron chi connectivity index (χ1n) is 7.14. The summed E-state index contributed by atoms with van der Waals surface area (Å²) in [4.78, 5) is 2.68. The lowest BCUT2D eigenvalue weighted by molar-refractivity contribution is 0.130. The topological polar surface area (TPSA) is 15.3 Å². The van der Waals surface area contributed by atoms with E-state index in [2.05, 4.69) is 37.9 Å². The Hall–Kier alpha value is -0.0800. The molecule has 1 aliphatic heterocycles. The van der Waals surface area contributed by atoms with Crippen LogP contribution in [-0.4, -0.2) is 36.6 Å². The van der Waals surface area contributed by atoms with E-state index in [4.69, 9.17) is 0 Å². The minimum absolute atomic E-state index is 0.734. The van der Waals surface area contributed by atoms with Gasteiger partial charge in [0.05, 0.1) is 0 Å². The molecule has 0 bridgehead atoms. The van der Waals surface area contributed by atoms with Gasteiger partial charge in [-0.25, -0.2) is 0 Å². The van der Waals surface area contributed by atoms with Crippen LogP contribution in [0.5, 0.6) is 0 Å². The minimum atomic E-state index is 0.734. The van der Waals surface area contributed by atoms with E-state index in [0.717, 1.165) is 24.5 Å². The molecule has 0 saturated carbocycles. The average molecular weight is 226 g/mol. The van der Waals surface area contributed by atoms with Crippen LogP contribution in [0.1, 0.15) is 53.4 Å². The van der Waals surface area contributed by atoms with Gasteiger partial charge in [0.1, 0.15) is 0 Å². The van der Waals surface area contributed by atoms with Crippen molar-refractivity contribution in [2.24, 2.45) is 5.92 Å². The Morgan fingerprint density at radius 3 is 2.69 bits per heavy atom. The highest BCUT2D eigenvalue weighted by atomic mass is 15.2. The number of nitrogens with one attached hydrogen (secondary N) is 1. The summed E-state index contributed by atoms with van der Waals surface area (Å²) < 4.78 is 0. The van der Waals surface area contributed by atoms with Crippen molar-refractivity contribution in [2.75, 3.05) is 19.6 Å². The molecule has 0 aromatic rings. The second-order valence-electron chi connectivity index (χ2n) is 5.49. The van der Waals surface area contributed by atoms with E-state index in [-0.39, 0.29) is 0 Å². The Kier molecular flexibility index (Phi) is 6.37. The molecule has 1 aliphatic rings. The largest absolute Gasteiger partial charge is 0.313 e. The van der Waals surface area contributed by atoms with E-state index in [9.17, 15) is 0 Å². The molecule has 1 fully saturated rings. The Balaban J connectivity index is 2.34. The fraction of sp³-hybridized carbons (Fsp3) is 1.00. The third-order valence-corrected chi connectivity index (χ3v) is 4.01. The molecule has 0 aromatic carbocycles. The van der Waals surface area contributed by atoms with Gasteiger partial charge in [-0.1, -0.05) is 27.2 Å². The number of piperidine rings is 1. The van der Waals surface area contributed by atoms with Gasteiger partial charge in [0, 0.05) is 18.6 Å². The van der Waals surface area contributed by atoms with Gasteiger partial charge in [-0.3, -0.25) is 4.90 Å². The maximum atomic E-state index is 3.59. The fourth-order valence-corrected chi connectivity index (χ4v) is 2.76. The molecular formula is C14H30N2. The predicted molar refractivity (Wildman–Crippen MR) is 71.8 cm³/mol. The highest BCUT2D eigenvalue weighted by Gasteiger charge is 2.23. The highest BCUT2D eigenvalue weighted by molar-refractivity contribution is 4.81. The lowest BCUT2D eigenvalue weighted by Gasteiger charge is -2.38. The summed E-state index contributed by atoms with van der Waals surface area (Å²) in [6.07, 6.45) is 5.40. The van der Waals surface area contributed by atoms with Crippen LogP contribution in [-0.2, 0) is 0 Å². The summed E-state index contributed by atoms with van der Waals surface area (Å²) in [6, 6.07) is 1.49. The Morgan fingerprint density at radius 1 is 1.31 bits per heavy atom. The Morgan fingerprint density at radius 2 is 2.06 bits per heavy atom. The van der Waals surface area contributed by atoms with Gasteiger partial charge in [-0.05, 0) is 45.2 Å². The summed E-state index contributed by atoms with van der Waals surface area (Å²) >= 11 is 0. The molecule has 1 saturated heterocycles. The first kappa shape index (κ1) is 14.0. The van der Waals surface area contributed by atoms with E-state index < -0.39 is 0 Å². The molecular weight excluding hydrogens is 196 g/mol. The van der Waals surface area contributed by atoms with Crippen molar-refractivity contribution in [1.82, 2.24) is 10.2 Å². The number of nitrogens with zero attached hydrogens (tertiary/aromatic N) is 1. The smallest absolute Gasteiger partial charge is 0.0195 e. The van der Waals surface area contributed by atoms with E-state index >= 15 is 0 Å². The summed E-state index contributed by atoms with van der Waals surface area (Å²) in [7, 11) is 0. The number of rotatable bonds is 6. The van der Waals surface area contributed by atoms with Crippen LogP contribution in [0.4, 0.5) is 0 Å². The number of hydrogen-bond acceptors (Lipinski definition) is 2. The molecule has 16 heavy (non-hydrogen) atoms. The molecule has 0 aliphatic carbocycles. The lowest BCUT2D eigenvalue weighted by Crippen LogP contribution is -2.49. The second kappa shape index (κ2) is 7.29. The molecule has 1 heterocycles. The quantitative estimate of drug-likeness (QED) is 0.749. The Labute approximate surface area is 102 Å². The Bertz CT molecular complexity index is 180. The van der Waals surface area contributed by atoms with Crippen molar-refractivity contribution < 1.29 is 0 Å². The fourth-order valence-electron chi connectivity index (χ4n) is 2.76. The van der Waals surface area contributed by atoms with Crippen LogP contribution in [0.15, 0.2) is 0 Å². The van der Waals surface area contributed by atoms with E-state index in [1.54, 1.807) is 0 Å². The van der Waals surface area contributed by atoms with Crippen molar-refractivity contribution in [1.29, 1.82) is 0 Å². The summed E-state index contributed by atoms with van der Waals surface area (Å²) in [5, 5.41) is 3.59. The first-order chi connectivity index (χ1) is 7.67. The maximum Gasteiger partial charge on any atom is 0.0195 e. The number of likely N-dealkylation sites (tertiary alicyclic amines) is 1. The molecule has 1 N–H and O–H groups in total. The van der Waals surface area contributed by atoms with E-state index in [1.165, 1.54) is 38.8 Å². The van der Waals surface area contributed by atoms with Crippen LogP contribution in [0.25, 0.3) is 0 Å². The van der Waals surface area contributed by atoms with Gasteiger partial charge in [0.15, 0.2) is 0 Å². The van der Waals surface area contributed by atoms with Gasteiger partial charge in [-0.2, -0.15) is 0 Å². The zero-order valence-corrected chi connectivity index (χ0v) is 11.6. The first-order valence-corrected chi connectivity index (χ1v) is 7.14. The normalized spacial score (nSPS) is 26.6. The summed E-state index contributed by atoms with van der Waals surface area (Å²) in [5.41, 5.74) is 0. The van der Waals surface area contributed by atoms with Gasteiger partial charge in [-0.15, -0.1) is 0 Å². The molecule has 3 atom stereocenters. The zero-order chi connectivity index (χ0) is 12.0. The molecule has 0 aromatic heterocycles. The molecule has 2 heteroatoms. The monoisotopic (exact) mass is 226 g/mol. The average Bonchev–Trinajstić information content (AvgIpc) is 2.29. The predicted octanol–water partition coefficient (Wildman–Crippen LogP) is 2.89. The summed E-state index contributed by atoms with van der Waals surface area (Å²) in [5.74, 6) is 0.870. The van der Waals surface area contributed by atoms with E-state index in [1.807, 2.05) is 0 Å². The van der Waals surface area contributed by atoms with Gasteiger partial charge in [0.25, 0.3) is 0 Å². The van der Waals surface area contributed by atoms with E-state index in [0.29, 0.717) is 0 Å².